The monoisotopic (exact) mass is 418 g/mol. The summed E-state index contributed by atoms with van der Waals surface area (Å²) in [6.45, 7) is 10.9. The van der Waals surface area contributed by atoms with Gasteiger partial charge in [0.25, 0.3) is 0 Å². The van der Waals surface area contributed by atoms with Gasteiger partial charge in [-0.1, -0.05) is 26.0 Å². The van der Waals surface area contributed by atoms with Gasteiger partial charge in [-0.3, -0.25) is 0 Å². The summed E-state index contributed by atoms with van der Waals surface area (Å²) in [7, 11) is 0. The number of carbonyl (C=O) groups is 1. The van der Waals surface area contributed by atoms with Crippen molar-refractivity contribution in [1.82, 2.24) is 4.57 Å². The van der Waals surface area contributed by atoms with Gasteiger partial charge in [0.05, 0.1) is 0 Å². The van der Waals surface area contributed by atoms with E-state index in [-0.39, 0.29) is 12.2 Å². The van der Waals surface area contributed by atoms with Crippen LogP contribution < -0.4 is 5.63 Å². The molecule has 0 unspecified atom stereocenters. The van der Waals surface area contributed by atoms with E-state index in [0.29, 0.717) is 22.5 Å². The Morgan fingerprint density at radius 1 is 1.23 bits per heavy atom. The molecule has 0 radical (unpaired) electrons. The number of hydrogen-bond acceptors (Lipinski definition) is 5. The van der Waals surface area contributed by atoms with E-state index < -0.39 is 11.6 Å². The number of aryl methyl sites for hydroxylation is 2. The fraction of sp³-hybridized carbons (Fsp3) is 0.320. The smallest absolute Gasteiger partial charge is 0.349 e. The van der Waals surface area contributed by atoms with E-state index in [1.807, 2.05) is 45.0 Å². The fourth-order valence-electron chi connectivity index (χ4n) is 3.59. The number of ether oxygens (including phenoxy) is 1. The van der Waals surface area contributed by atoms with E-state index >= 15 is 0 Å². The second-order valence-corrected chi connectivity index (χ2v) is 8.17. The topological polar surface area (TPSA) is 85.2 Å². The van der Waals surface area contributed by atoms with Crippen molar-refractivity contribution in [2.75, 3.05) is 0 Å². The number of rotatable bonds is 6. The Labute approximate surface area is 181 Å². The van der Waals surface area contributed by atoms with Crippen LogP contribution in [0.5, 0.6) is 0 Å². The molecule has 2 heterocycles. The molecule has 0 amide bonds. The second-order valence-electron chi connectivity index (χ2n) is 8.17. The van der Waals surface area contributed by atoms with E-state index in [2.05, 4.69) is 18.4 Å². The van der Waals surface area contributed by atoms with Gasteiger partial charge in [-0.15, -0.1) is 0 Å². The lowest BCUT2D eigenvalue weighted by molar-refractivity contribution is -0.139. The van der Waals surface area contributed by atoms with Gasteiger partial charge < -0.3 is 13.7 Å². The van der Waals surface area contributed by atoms with Crippen LogP contribution in [0.4, 0.5) is 0 Å². The number of hydrogen-bond donors (Lipinski definition) is 0. The number of carbonyl (C=O) groups excluding carboxylic acids is 1. The molecule has 3 rings (SSSR count). The highest BCUT2D eigenvalue weighted by Crippen LogP contribution is 2.22. The van der Waals surface area contributed by atoms with Crippen LogP contribution in [0, 0.1) is 38.0 Å². The zero-order valence-electron chi connectivity index (χ0n) is 18.5. The van der Waals surface area contributed by atoms with Gasteiger partial charge in [0.2, 0.25) is 0 Å². The van der Waals surface area contributed by atoms with Gasteiger partial charge in [0.1, 0.15) is 23.8 Å². The van der Waals surface area contributed by atoms with E-state index in [9.17, 15) is 14.9 Å². The van der Waals surface area contributed by atoms with Crippen molar-refractivity contribution in [3.63, 3.8) is 0 Å². The van der Waals surface area contributed by atoms with Gasteiger partial charge in [0.15, 0.2) is 0 Å². The van der Waals surface area contributed by atoms with Crippen LogP contribution in [0.1, 0.15) is 41.9 Å². The Morgan fingerprint density at radius 3 is 2.65 bits per heavy atom. The molecule has 160 valence electrons. The number of aromatic nitrogens is 1. The Kier molecular flexibility index (Phi) is 6.45. The molecule has 0 N–H and O–H groups in total. The van der Waals surface area contributed by atoms with Crippen LogP contribution >= 0.6 is 0 Å². The SMILES string of the molecule is Cc1ccc2c(COC(=O)C(C#N)=Cc3cc(C)n(CC(C)C)c3C)cc(=O)oc2c1. The van der Waals surface area contributed by atoms with Crippen molar-refractivity contribution in [1.29, 1.82) is 5.26 Å². The van der Waals surface area contributed by atoms with Crippen molar-refractivity contribution >= 4 is 23.0 Å². The molecule has 0 aliphatic carbocycles. The van der Waals surface area contributed by atoms with Crippen LogP contribution in [0.25, 0.3) is 17.0 Å². The fourth-order valence-corrected chi connectivity index (χ4v) is 3.59. The van der Waals surface area contributed by atoms with Gasteiger partial charge in [-0.05, 0) is 56.0 Å². The lowest BCUT2D eigenvalue weighted by Crippen LogP contribution is -2.09. The number of nitrogens with zero attached hydrogens (tertiary/aromatic N) is 2. The second kappa shape index (κ2) is 9.05. The maximum atomic E-state index is 12.6. The molecule has 0 bridgehead atoms. The third-order valence-corrected chi connectivity index (χ3v) is 5.15. The first-order valence-electron chi connectivity index (χ1n) is 10.2. The first-order chi connectivity index (χ1) is 14.7. The molecule has 2 aromatic heterocycles. The molecule has 31 heavy (non-hydrogen) atoms. The van der Waals surface area contributed by atoms with Crippen LogP contribution in [0.3, 0.4) is 0 Å². The van der Waals surface area contributed by atoms with Gasteiger partial charge in [0, 0.05) is 34.9 Å². The highest BCUT2D eigenvalue weighted by Gasteiger charge is 2.16. The average molecular weight is 418 g/mol. The molecule has 0 aliphatic rings. The van der Waals surface area contributed by atoms with Gasteiger partial charge in [-0.25, -0.2) is 9.59 Å². The van der Waals surface area contributed by atoms with Crippen LogP contribution in [-0.4, -0.2) is 10.5 Å². The van der Waals surface area contributed by atoms with Gasteiger partial charge in [-0.2, -0.15) is 5.26 Å². The molecule has 0 saturated heterocycles. The Balaban J connectivity index is 1.84. The maximum absolute atomic E-state index is 12.6. The number of fused-ring (bicyclic) bond motifs is 1. The number of benzene rings is 1. The summed E-state index contributed by atoms with van der Waals surface area (Å²) in [5.41, 5.74) is 4.20. The van der Waals surface area contributed by atoms with E-state index in [1.165, 1.54) is 6.07 Å². The number of nitriles is 1. The normalized spacial score (nSPS) is 11.7. The Morgan fingerprint density at radius 2 is 1.97 bits per heavy atom. The molecule has 0 spiro atoms. The molecule has 0 aliphatic heterocycles. The summed E-state index contributed by atoms with van der Waals surface area (Å²) in [6.07, 6.45) is 1.56. The van der Waals surface area contributed by atoms with Crippen molar-refractivity contribution in [3.05, 3.63) is 74.4 Å². The lowest BCUT2D eigenvalue weighted by Gasteiger charge is -2.12. The first-order valence-corrected chi connectivity index (χ1v) is 10.2. The summed E-state index contributed by atoms with van der Waals surface area (Å²) in [5, 5.41) is 10.2. The summed E-state index contributed by atoms with van der Waals surface area (Å²) in [6, 6.07) is 10.7. The van der Waals surface area contributed by atoms with E-state index in [1.54, 1.807) is 12.1 Å². The van der Waals surface area contributed by atoms with Crippen LogP contribution in [0.15, 0.2) is 45.1 Å². The molecular weight excluding hydrogens is 392 g/mol. The minimum absolute atomic E-state index is 0.0899. The highest BCUT2D eigenvalue weighted by atomic mass is 16.5. The lowest BCUT2D eigenvalue weighted by atomic mass is 10.1. The predicted octanol–water partition coefficient (Wildman–Crippen LogP) is 4.83. The largest absolute Gasteiger partial charge is 0.457 e. The predicted molar refractivity (Wildman–Crippen MR) is 119 cm³/mol. The standard InChI is InChI=1S/C25H26N2O4/c1-15(2)13-27-17(4)9-19(18(27)5)10-20(12-26)25(29)30-14-21-11-24(28)31-23-8-16(3)6-7-22(21)23/h6-11,15H,13-14H2,1-5H3. The van der Waals surface area contributed by atoms with Crippen molar-refractivity contribution in [3.8, 4) is 6.07 Å². The number of esters is 1. The maximum Gasteiger partial charge on any atom is 0.349 e. The molecule has 0 saturated carbocycles. The Hall–Kier alpha value is -3.59. The zero-order chi connectivity index (χ0) is 22.7. The van der Waals surface area contributed by atoms with Gasteiger partial charge >= 0.3 is 11.6 Å². The summed E-state index contributed by atoms with van der Waals surface area (Å²) in [5.74, 6) is -0.256. The van der Waals surface area contributed by atoms with E-state index in [4.69, 9.17) is 9.15 Å². The van der Waals surface area contributed by atoms with Crippen molar-refractivity contribution in [2.24, 2.45) is 5.92 Å². The summed E-state index contributed by atoms with van der Waals surface area (Å²) in [4.78, 5) is 24.5. The third kappa shape index (κ3) is 4.95. The molecule has 3 aromatic rings. The third-order valence-electron chi connectivity index (χ3n) is 5.15. The average Bonchev–Trinajstić information content (AvgIpc) is 2.96. The Bertz CT molecular complexity index is 1270. The molecule has 6 nitrogen and oxygen atoms in total. The minimum Gasteiger partial charge on any atom is -0.457 e. The molecule has 0 atom stereocenters. The molecular formula is C25H26N2O4. The summed E-state index contributed by atoms with van der Waals surface area (Å²) < 4.78 is 12.8. The van der Waals surface area contributed by atoms with E-state index in [0.717, 1.165) is 29.1 Å². The molecule has 6 heteroatoms. The van der Waals surface area contributed by atoms with Crippen molar-refractivity contribution in [2.45, 2.75) is 47.8 Å². The highest BCUT2D eigenvalue weighted by molar-refractivity contribution is 5.98. The molecule has 1 aromatic carbocycles. The summed E-state index contributed by atoms with van der Waals surface area (Å²) >= 11 is 0. The van der Waals surface area contributed by atoms with Crippen LogP contribution in [-0.2, 0) is 22.7 Å². The minimum atomic E-state index is -0.732. The van der Waals surface area contributed by atoms with Crippen LogP contribution in [0.2, 0.25) is 0 Å². The quantitative estimate of drug-likeness (QED) is 0.248. The zero-order valence-corrected chi connectivity index (χ0v) is 18.5. The molecule has 0 fully saturated rings. The first kappa shape index (κ1) is 22.1. The van der Waals surface area contributed by atoms with Crippen molar-refractivity contribution < 1.29 is 13.9 Å².